The van der Waals surface area contributed by atoms with Crippen molar-refractivity contribution < 1.29 is 14.3 Å². The lowest BCUT2D eigenvalue weighted by molar-refractivity contribution is -0.139. The molecule has 1 aromatic rings. The number of amides is 1. The minimum absolute atomic E-state index is 0.0862. The number of nitrogens with one attached hydrogen (secondary N) is 1. The van der Waals surface area contributed by atoms with Gasteiger partial charge in [-0.2, -0.15) is 5.10 Å². The van der Waals surface area contributed by atoms with Gasteiger partial charge in [0.05, 0.1) is 12.1 Å². The van der Waals surface area contributed by atoms with Gasteiger partial charge in [0.25, 0.3) is 5.91 Å². The van der Waals surface area contributed by atoms with Crippen LogP contribution in [0, 0.1) is 0 Å². The van der Waals surface area contributed by atoms with Gasteiger partial charge < -0.3 is 10.1 Å². The Morgan fingerprint density at radius 1 is 1.67 bits per heavy atom. The number of nitrogens with zero attached hydrogens (tertiary/aromatic N) is 2. The van der Waals surface area contributed by atoms with Gasteiger partial charge in [-0.05, 0) is 0 Å². The summed E-state index contributed by atoms with van der Waals surface area (Å²) in [6, 6.07) is 0. The zero-order chi connectivity index (χ0) is 11.4. The van der Waals surface area contributed by atoms with Gasteiger partial charge in [-0.15, -0.1) is 0 Å². The maximum Gasteiger partial charge on any atom is 0.325 e. The third-order valence-electron chi connectivity index (χ3n) is 1.62. The van der Waals surface area contributed by atoms with Crippen molar-refractivity contribution in [2.24, 2.45) is 7.05 Å². The molecule has 0 unspecified atom stereocenters. The van der Waals surface area contributed by atoms with Crippen molar-refractivity contribution in [1.82, 2.24) is 15.1 Å². The van der Waals surface area contributed by atoms with E-state index < -0.39 is 11.9 Å². The highest BCUT2D eigenvalue weighted by Gasteiger charge is 2.15. The fourth-order valence-electron chi connectivity index (χ4n) is 0.922. The molecule has 0 fully saturated rings. The first kappa shape index (κ1) is 11.5. The minimum Gasteiger partial charge on any atom is -0.468 e. The highest BCUT2D eigenvalue weighted by atomic mass is 35.5. The van der Waals surface area contributed by atoms with Gasteiger partial charge in [-0.3, -0.25) is 14.3 Å². The molecule has 0 aromatic carbocycles. The summed E-state index contributed by atoms with van der Waals surface area (Å²) in [7, 11) is 2.88. The van der Waals surface area contributed by atoms with E-state index in [1.165, 1.54) is 18.0 Å². The Kier molecular flexibility index (Phi) is 3.68. The van der Waals surface area contributed by atoms with Crippen molar-refractivity contribution in [1.29, 1.82) is 0 Å². The fraction of sp³-hybridized carbons (Fsp3) is 0.375. The summed E-state index contributed by atoms with van der Waals surface area (Å²) < 4.78 is 5.77. The van der Waals surface area contributed by atoms with Crippen LogP contribution in [0.3, 0.4) is 0 Å². The summed E-state index contributed by atoms with van der Waals surface area (Å²) in [6.07, 6.45) is 1.49. The average Bonchev–Trinajstić information content (AvgIpc) is 2.53. The molecule has 1 rings (SSSR count). The topological polar surface area (TPSA) is 73.2 Å². The maximum absolute atomic E-state index is 11.4. The third kappa shape index (κ3) is 2.95. The van der Waals surface area contributed by atoms with Gasteiger partial charge in [0.2, 0.25) is 0 Å². The predicted molar refractivity (Wildman–Crippen MR) is 52.6 cm³/mol. The van der Waals surface area contributed by atoms with Gasteiger partial charge in [-0.25, -0.2) is 0 Å². The molecule has 0 saturated heterocycles. The lowest BCUT2D eigenvalue weighted by Gasteiger charge is -2.01. The smallest absolute Gasteiger partial charge is 0.325 e. The Hall–Kier alpha value is -1.56. The summed E-state index contributed by atoms with van der Waals surface area (Å²) in [5.74, 6) is -1.04. The SMILES string of the molecule is COC(=O)CNC(=O)c1nn(C)cc1Cl. The van der Waals surface area contributed by atoms with Crippen LogP contribution in [0.2, 0.25) is 5.02 Å². The second-order valence-electron chi connectivity index (χ2n) is 2.76. The molecule has 0 spiro atoms. The van der Waals surface area contributed by atoms with Crippen LogP contribution in [-0.2, 0) is 16.6 Å². The summed E-state index contributed by atoms with van der Waals surface area (Å²) in [5, 5.41) is 6.40. The van der Waals surface area contributed by atoms with Gasteiger partial charge >= 0.3 is 5.97 Å². The second kappa shape index (κ2) is 4.79. The van der Waals surface area contributed by atoms with Crippen LogP contribution in [0.15, 0.2) is 6.20 Å². The summed E-state index contributed by atoms with van der Waals surface area (Å²) in [6.45, 7) is -0.206. The molecule has 1 amide bonds. The molecular weight excluding hydrogens is 222 g/mol. The predicted octanol–water partition coefficient (Wildman–Crippen LogP) is -0.0237. The average molecular weight is 232 g/mol. The second-order valence-corrected chi connectivity index (χ2v) is 3.17. The Bertz CT molecular complexity index is 388. The molecule has 0 saturated carbocycles. The molecule has 7 heteroatoms. The van der Waals surface area contributed by atoms with Crippen molar-refractivity contribution in [2.75, 3.05) is 13.7 Å². The molecule has 6 nitrogen and oxygen atoms in total. The summed E-state index contributed by atoms with van der Waals surface area (Å²) in [4.78, 5) is 22.2. The zero-order valence-electron chi connectivity index (χ0n) is 8.28. The van der Waals surface area contributed by atoms with Crippen LogP contribution in [0.25, 0.3) is 0 Å². The van der Waals surface area contributed by atoms with Gasteiger partial charge in [0.1, 0.15) is 6.54 Å². The van der Waals surface area contributed by atoms with E-state index in [0.717, 1.165) is 0 Å². The number of carbonyl (C=O) groups excluding carboxylic acids is 2. The monoisotopic (exact) mass is 231 g/mol. The van der Waals surface area contributed by atoms with Crippen LogP contribution < -0.4 is 5.32 Å². The molecule has 1 aromatic heterocycles. The standard InChI is InChI=1S/C8H10ClN3O3/c1-12-4-5(9)7(11-12)8(14)10-3-6(13)15-2/h4H,3H2,1-2H3,(H,10,14). The summed E-state index contributed by atoms with van der Waals surface area (Å²) >= 11 is 5.73. The molecule has 0 aliphatic rings. The van der Waals surface area contributed by atoms with E-state index in [4.69, 9.17) is 11.6 Å². The largest absolute Gasteiger partial charge is 0.468 e. The first-order valence-corrected chi connectivity index (χ1v) is 4.46. The molecule has 15 heavy (non-hydrogen) atoms. The van der Waals surface area contributed by atoms with Crippen molar-refractivity contribution in [3.63, 3.8) is 0 Å². The number of hydrogen-bond donors (Lipinski definition) is 1. The number of hydrogen-bond acceptors (Lipinski definition) is 4. The van der Waals surface area contributed by atoms with Crippen LogP contribution in [0.5, 0.6) is 0 Å². The van der Waals surface area contributed by atoms with Crippen molar-refractivity contribution >= 4 is 23.5 Å². The highest BCUT2D eigenvalue weighted by Crippen LogP contribution is 2.12. The number of carbonyl (C=O) groups is 2. The first-order valence-electron chi connectivity index (χ1n) is 4.08. The lowest BCUT2D eigenvalue weighted by Crippen LogP contribution is -2.30. The Labute approximate surface area is 91.2 Å². The van der Waals surface area contributed by atoms with Crippen LogP contribution in [-0.4, -0.2) is 35.3 Å². The maximum atomic E-state index is 11.4. The van der Waals surface area contributed by atoms with Crippen molar-refractivity contribution in [2.45, 2.75) is 0 Å². The van der Waals surface area contributed by atoms with E-state index in [1.807, 2.05) is 0 Å². The molecule has 0 radical (unpaired) electrons. The molecule has 1 N–H and O–H groups in total. The number of aromatic nitrogens is 2. The molecule has 0 aliphatic heterocycles. The molecule has 1 heterocycles. The quantitative estimate of drug-likeness (QED) is 0.742. The number of methoxy groups -OCH3 is 1. The molecular formula is C8H10ClN3O3. The molecule has 0 atom stereocenters. The first-order chi connectivity index (χ1) is 7.04. The van der Waals surface area contributed by atoms with Crippen LogP contribution in [0.1, 0.15) is 10.5 Å². The van der Waals surface area contributed by atoms with Crippen LogP contribution in [0.4, 0.5) is 0 Å². The van der Waals surface area contributed by atoms with Crippen LogP contribution >= 0.6 is 11.6 Å². The fourth-order valence-corrected chi connectivity index (χ4v) is 1.19. The molecule has 0 aliphatic carbocycles. The van der Waals surface area contributed by atoms with E-state index in [-0.39, 0.29) is 17.3 Å². The summed E-state index contributed by atoms with van der Waals surface area (Å²) in [5.41, 5.74) is 0.0862. The minimum atomic E-state index is -0.532. The number of rotatable bonds is 3. The Morgan fingerprint density at radius 2 is 2.33 bits per heavy atom. The van der Waals surface area contributed by atoms with Crippen molar-refractivity contribution in [3.8, 4) is 0 Å². The van der Waals surface area contributed by atoms with E-state index >= 15 is 0 Å². The highest BCUT2D eigenvalue weighted by molar-refractivity contribution is 6.33. The van der Waals surface area contributed by atoms with E-state index in [1.54, 1.807) is 7.05 Å². The number of ether oxygens (including phenoxy) is 1. The lowest BCUT2D eigenvalue weighted by atomic mass is 10.4. The Morgan fingerprint density at radius 3 is 2.80 bits per heavy atom. The van der Waals surface area contributed by atoms with Crippen molar-refractivity contribution in [3.05, 3.63) is 16.9 Å². The third-order valence-corrected chi connectivity index (χ3v) is 1.90. The van der Waals surface area contributed by atoms with E-state index in [9.17, 15) is 9.59 Å². The molecule has 0 bridgehead atoms. The zero-order valence-corrected chi connectivity index (χ0v) is 9.04. The number of aryl methyl sites for hydroxylation is 1. The van der Waals surface area contributed by atoms with E-state index in [0.29, 0.717) is 0 Å². The Balaban J connectivity index is 2.61. The normalized spacial score (nSPS) is 9.80. The number of esters is 1. The number of halogens is 1. The molecule has 82 valence electrons. The van der Waals surface area contributed by atoms with Gasteiger partial charge in [0, 0.05) is 13.2 Å². The van der Waals surface area contributed by atoms with Gasteiger partial charge in [0.15, 0.2) is 5.69 Å². The van der Waals surface area contributed by atoms with E-state index in [2.05, 4.69) is 15.2 Å². The van der Waals surface area contributed by atoms with Gasteiger partial charge in [-0.1, -0.05) is 11.6 Å².